The quantitative estimate of drug-likeness (QED) is 0.862. The molecule has 1 heterocycles. The molecule has 1 N–H and O–H groups in total. The van der Waals surface area contributed by atoms with Gasteiger partial charge < -0.3 is 0 Å². The molecule has 0 radical (unpaired) electrons. The maximum Gasteiger partial charge on any atom is 0.225 e. The lowest BCUT2D eigenvalue weighted by molar-refractivity contribution is 0.590. The Morgan fingerprint density at radius 1 is 1.12 bits per heavy atom. The minimum atomic E-state index is -3.62. The van der Waals surface area contributed by atoms with Gasteiger partial charge in [-0.3, -0.25) is 5.10 Å². The van der Waals surface area contributed by atoms with E-state index in [1.165, 1.54) is 36.4 Å². The molecule has 2 rings (SSSR count). The van der Waals surface area contributed by atoms with Crippen molar-refractivity contribution in [3.05, 3.63) is 46.1 Å². The first kappa shape index (κ1) is 12.2. The van der Waals surface area contributed by atoms with E-state index in [1.54, 1.807) is 0 Å². The molecule has 17 heavy (non-hydrogen) atoms. The molecule has 0 aliphatic rings. The van der Waals surface area contributed by atoms with Gasteiger partial charge in [-0.15, -0.1) is 0 Å². The van der Waals surface area contributed by atoms with Crippen molar-refractivity contribution in [1.82, 2.24) is 10.2 Å². The molecule has 0 saturated carbocycles. The van der Waals surface area contributed by atoms with E-state index in [-0.39, 0.29) is 9.92 Å². The number of nitrogens with zero attached hydrogens (tertiary/aromatic N) is 1. The van der Waals surface area contributed by atoms with Gasteiger partial charge in [-0.05, 0) is 36.4 Å². The number of halogens is 1. The minimum absolute atomic E-state index is 0.0755. The van der Waals surface area contributed by atoms with Crippen LogP contribution in [0.25, 0.3) is 0 Å². The molecule has 1 aromatic carbocycles. The van der Waals surface area contributed by atoms with Crippen LogP contribution in [0.1, 0.15) is 0 Å². The Kier molecular flexibility index (Phi) is 3.28. The van der Waals surface area contributed by atoms with Gasteiger partial charge >= 0.3 is 0 Å². The fourth-order valence-electron chi connectivity index (χ4n) is 1.22. The van der Waals surface area contributed by atoms with Gasteiger partial charge in [-0.2, -0.15) is 5.10 Å². The third kappa shape index (κ3) is 2.54. The van der Waals surface area contributed by atoms with Crippen molar-refractivity contribution in [3.63, 3.8) is 0 Å². The van der Waals surface area contributed by atoms with Gasteiger partial charge in [0.15, 0.2) is 5.03 Å². The number of sulfone groups is 1. The van der Waals surface area contributed by atoms with Gasteiger partial charge in [0.2, 0.25) is 9.84 Å². The summed E-state index contributed by atoms with van der Waals surface area (Å²) in [4.78, 5) is 0.139. The zero-order valence-corrected chi connectivity index (χ0v) is 10.8. The average molecular weight is 287 g/mol. The Morgan fingerprint density at radius 2 is 1.76 bits per heavy atom. The second kappa shape index (κ2) is 4.56. The molecule has 0 spiro atoms. The Labute approximate surface area is 108 Å². The lowest BCUT2D eigenvalue weighted by atomic mass is 10.4. The number of hydrogen-bond acceptors (Lipinski definition) is 4. The number of aromatic nitrogens is 2. The first-order chi connectivity index (χ1) is 8.00. The average Bonchev–Trinajstić information content (AvgIpc) is 2.30. The molecule has 0 aliphatic heterocycles. The first-order valence-electron chi connectivity index (χ1n) is 4.56. The molecule has 0 fully saturated rings. The highest BCUT2D eigenvalue weighted by atomic mass is 35.5. The molecule has 0 bridgehead atoms. The maximum atomic E-state index is 12.1. The number of aromatic amines is 1. The molecule has 1 aromatic heterocycles. The summed E-state index contributed by atoms with van der Waals surface area (Å²) >= 11 is 10.5. The Balaban J connectivity index is 2.53. The predicted octanol–water partition coefficient (Wildman–Crippen LogP) is 2.63. The molecule has 88 valence electrons. The van der Waals surface area contributed by atoms with E-state index >= 15 is 0 Å². The van der Waals surface area contributed by atoms with Crippen molar-refractivity contribution < 1.29 is 8.42 Å². The smallest absolute Gasteiger partial charge is 0.225 e. The minimum Gasteiger partial charge on any atom is -0.266 e. The Morgan fingerprint density at radius 3 is 2.29 bits per heavy atom. The van der Waals surface area contributed by atoms with Gasteiger partial charge in [0.25, 0.3) is 0 Å². The van der Waals surface area contributed by atoms with Crippen LogP contribution in [0.15, 0.2) is 46.3 Å². The second-order valence-corrected chi connectivity index (χ2v) is 5.99. The molecule has 7 heteroatoms. The van der Waals surface area contributed by atoms with Crippen LogP contribution in [0, 0.1) is 4.64 Å². The van der Waals surface area contributed by atoms with Crippen LogP contribution in [0.3, 0.4) is 0 Å². The third-order valence-electron chi connectivity index (χ3n) is 2.05. The van der Waals surface area contributed by atoms with Crippen molar-refractivity contribution in [1.29, 1.82) is 0 Å². The normalized spacial score (nSPS) is 11.4. The third-order valence-corrected chi connectivity index (χ3v) is 4.20. The number of H-pyrrole nitrogens is 1. The van der Waals surface area contributed by atoms with Crippen molar-refractivity contribution in [2.45, 2.75) is 9.92 Å². The number of benzene rings is 1. The molecule has 4 nitrogen and oxygen atoms in total. The van der Waals surface area contributed by atoms with E-state index in [0.29, 0.717) is 9.66 Å². The molecule has 0 aliphatic carbocycles. The van der Waals surface area contributed by atoms with Crippen LogP contribution >= 0.6 is 23.8 Å². The van der Waals surface area contributed by atoms with E-state index in [1.807, 2.05) is 0 Å². The molecule has 0 amide bonds. The lowest BCUT2D eigenvalue weighted by Gasteiger charge is -2.02. The van der Waals surface area contributed by atoms with Crippen molar-refractivity contribution in [3.8, 4) is 0 Å². The monoisotopic (exact) mass is 286 g/mol. The number of nitrogens with one attached hydrogen (secondary N) is 1. The standard InChI is InChI=1S/C10H7ClN2O2S2/c11-7-1-3-8(4-2-7)17(14,15)10-6-5-9(16)12-13-10/h1-6H,(H,12,16). The SMILES string of the molecule is O=S(=O)(c1ccc(Cl)cc1)c1ccc(=S)[nH]n1. The Hall–Kier alpha value is -1.24. The zero-order valence-electron chi connectivity index (χ0n) is 8.42. The van der Waals surface area contributed by atoms with E-state index in [0.717, 1.165) is 0 Å². The van der Waals surface area contributed by atoms with Crippen LogP contribution in [0.4, 0.5) is 0 Å². The topological polar surface area (TPSA) is 62.8 Å². The highest BCUT2D eigenvalue weighted by Crippen LogP contribution is 2.20. The molecule has 0 unspecified atom stereocenters. The summed E-state index contributed by atoms with van der Waals surface area (Å²) in [6.45, 7) is 0. The summed E-state index contributed by atoms with van der Waals surface area (Å²) in [6.07, 6.45) is 0. The molecular weight excluding hydrogens is 280 g/mol. The van der Waals surface area contributed by atoms with E-state index in [2.05, 4.69) is 10.2 Å². The summed E-state index contributed by atoms with van der Waals surface area (Å²) in [5, 5.41) is 6.55. The van der Waals surface area contributed by atoms with Crippen LogP contribution in [0.2, 0.25) is 5.02 Å². The second-order valence-electron chi connectivity index (χ2n) is 3.22. The van der Waals surface area contributed by atoms with Crippen LogP contribution in [-0.2, 0) is 9.84 Å². The van der Waals surface area contributed by atoms with Crippen LogP contribution in [0.5, 0.6) is 0 Å². The fourth-order valence-corrected chi connectivity index (χ4v) is 2.60. The molecule has 2 aromatic rings. The van der Waals surface area contributed by atoms with E-state index in [4.69, 9.17) is 23.8 Å². The zero-order chi connectivity index (χ0) is 12.5. The van der Waals surface area contributed by atoms with Gasteiger partial charge in [-0.1, -0.05) is 23.8 Å². The first-order valence-corrected chi connectivity index (χ1v) is 6.83. The van der Waals surface area contributed by atoms with Gasteiger partial charge in [-0.25, -0.2) is 8.42 Å². The van der Waals surface area contributed by atoms with Crippen LogP contribution in [-0.4, -0.2) is 18.6 Å². The summed E-state index contributed by atoms with van der Waals surface area (Å²) in [6, 6.07) is 8.73. The summed E-state index contributed by atoms with van der Waals surface area (Å²) in [5.41, 5.74) is 0. The van der Waals surface area contributed by atoms with Gasteiger partial charge in [0, 0.05) is 5.02 Å². The molecule has 0 saturated heterocycles. The molecule has 0 atom stereocenters. The largest absolute Gasteiger partial charge is 0.266 e. The number of rotatable bonds is 2. The summed E-state index contributed by atoms with van der Waals surface area (Å²) in [7, 11) is -3.62. The van der Waals surface area contributed by atoms with Crippen molar-refractivity contribution in [2.24, 2.45) is 0 Å². The highest BCUT2D eigenvalue weighted by molar-refractivity contribution is 7.91. The highest BCUT2D eigenvalue weighted by Gasteiger charge is 2.18. The lowest BCUT2D eigenvalue weighted by Crippen LogP contribution is -2.05. The van der Waals surface area contributed by atoms with E-state index in [9.17, 15) is 8.42 Å². The predicted molar refractivity (Wildman–Crippen MR) is 66.3 cm³/mol. The van der Waals surface area contributed by atoms with Gasteiger partial charge in [0.05, 0.1) is 4.90 Å². The van der Waals surface area contributed by atoms with Crippen molar-refractivity contribution in [2.75, 3.05) is 0 Å². The Bertz CT molecular complexity index is 672. The van der Waals surface area contributed by atoms with Gasteiger partial charge in [0.1, 0.15) is 4.64 Å². The summed E-state index contributed by atoms with van der Waals surface area (Å²) in [5.74, 6) is 0. The van der Waals surface area contributed by atoms with Crippen LogP contribution < -0.4 is 0 Å². The summed E-state index contributed by atoms with van der Waals surface area (Å²) < 4.78 is 24.6. The molecular formula is C10H7ClN2O2S2. The number of hydrogen-bond donors (Lipinski definition) is 1. The van der Waals surface area contributed by atoms with Crippen molar-refractivity contribution >= 4 is 33.7 Å². The van der Waals surface area contributed by atoms with E-state index < -0.39 is 9.84 Å². The fraction of sp³-hybridized carbons (Fsp3) is 0. The maximum absolute atomic E-state index is 12.1.